The van der Waals surface area contributed by atoms with E-state index in [0.717, 1.165) is 0 Å². The molecule has 1 aromatic rings. The average molecular weight is 296 g/mol. The zero-order valence-electron chi connectivity index (χ0n) is 11.2. The second-order valence-electron chi connectivity index (χ2n) is 4.39. The largest absolute Gasteiger partial charge is 0.335 e. The Labute approximate surface area is 121 Å². The van der Waals surface area contributed by atoms with Crippen LogP contribution in [0.2, 0.25) is 5.02 Å². The number of nitriles is 1. The summed E-state index contributed by atoms with van der Waals surface area (Å²) in [4.78, 5) is 24.2. The van der Waals surface area contributed by atoms with Crippen LogP contribution in [0.25, 0.3) is 0 Å². The lowest BCUT2D eigenvalue weighted by atomic mass is 10.1. The van der Waals surface area contributed by atoms with E-state index in [2.05, 4.69) is 0 Å². The van der Waals surface area contributed by atoms with E-state index in [9.17, 15) is 14.9 Å². The summed E-state index contributed by atoms with van der Waals surface area (Å²) in [7, 11) is 0. The first kappa shape index (κ1) is 15.9. The van der Waals surface area contributed by atoms with Gasteiger partial charge in [-0.1, -0.05) is 17.7 Å². The van der Waals surface area contributed by atoms with E-state index in [0.29, 0.717) is 0 Å². The smallest absolute Gasteiger partial charge is 0.283 e. The Morgan fingerprint density at radius 3 is 2.70 bits per heavy atom. The number of amides is 1. The van der Waals surface area contributed by atoms with E-state index in [1.807, 2.05) is 6.07 Å². The van der Waals surface area contributed by atoms with Crippen molar-refractivity contribution in [3.8, 4) is 6.07 Å². The molecule has 6 nitrogen and oxygen atoms in total. The van der Waals surface area contributed by atoms with Crippen LogP contribution in [0.15, 0.2) is 18.2 Å². The molecule has 1 amide bonds. The van der Waals surface area contributed by atoms with Gasteiger partial charge < -0.3 is 4.90 Å². The Balaban J connectivity index is 3.25. The molecule has 0 aliphatic heterocycles. The quantitative estimate of drug-likeness (QED) is 0.617. The van der Waals surface area contributed by atoms with Crippen molar-refractivity contribution in [2.24, 2.45) is 0 Å². The highest BCUT2D eigenvalue weighted by Crippen LogP contribution is 2.28. The fraction of sp³-hybridized carbons (Fsp3) is 0.385. The predicted octanol–water partition coefficient (Wildman–Crippen LogP) is 3.01. The molecule has 1 aromatic carbocycles. The summed E-state index contributed by atoms with van der Waals surface area (Å²) in [5, 5.41) is 19.7. The van der Waals surface area contributed by atoms with Gasteiger partial charge >= 0.3 is 0 Å². The maximum Gasteiger partial charge on any atom is 0.283 e. The lowest BCUT2D eigenvalue weighted by molar-refractivity contribution is -0.385. The first-order valence-electron chi connectivity index (χ1n) is 6.01. The SMILES string of the molecule is CC(C)N(CCC#N)C(=O)c1c(Cl)cccc1[N+](=O)[O-]. The number of carbonyl (C=O) groups is 1. The van der Waals surface area contributed by atoms with Gasteiger partial charge in [0.25, 0.3) is 11.6 Å². The number of carbonyl (C=O) groups excluding carboxylic acids is 1. The Bertz CT molecular complexity index is 566. The fourth-order valence-corrected chi connectivity index (χ4v) is 2.04. The van der Waals surface area contributed by atoms with Gasteiger partial charge in [-0.25, -0.2) is 0 Å². The van der Waals surface area contributed by atoms with Crippen LogP contribution in [0.3, 0.4) is 0 Å². The number of benzene rings is 1. The maximum atomic E-state index is 12.5. The lowest BCUT2D eigenvalue weighted by Crippen LogP contribution is -2.38. The highest BCUT2D eigenvalue weighted by Gasteiger charge is 2.28. The molecular weight excluding hydrogens is 282 g/mol. The summed E-state index contributed by atoms with van der Waals surface area (Å²) in [6.07, 6.45) is 0.155. The predicted molar refractivity (Wildman–Crippen MR) is 74.5 cm³/mol. The van der Waals surface area contributed by atoms with Gasteiger partial charge in [0.2, 0.25) is 0 Å². The molecule has 0 fully saturated rings. The Hall–Kier alpha value is -2.13. The third-order valence-electron chi connectivity index (χ3n) is 2.75. The number of halogens is 1. The van der Waals surface area contributed by atoms with Crippen LogP contribution in [0, 0.1) is 21.4 Å². The molecule has 0 saturated heterocycles. The Kier molecular flexibility index (Phi) is 5.47. The molecule has 0 saturated carbocycles. The van der Waals surface area contributed by atoms with Crippen LogP contribution < -0.4 is 0 Å². The van der Waals surface area contributed by atoms with Crippen molar-refractivity contribution in [2.75, 3.05) is 6.54 Å². The average Bonchev–Trinajstić information content (AvgIpc) is 2.38. The maximum absolute atomic E-state index is 12.5. The number of rotatable bonds is 5. The minimum atomic E-state index is -0.637. The Morgan fingerprint density at radius 2 is 2.20 bits per heavy atom. The van der Waals surface area contributed by atoms with Crippen molar-refractivity contribution in [1.29, 1.82) is 5.26 Å². The minimum absolute atomic E-state index is 0.0341. The minimum Gasteiger partial charge on any atom is -0.335 e. The molecule has 0 aliphatic rings. The van der Waals surface area contributed by atoms with Gasteiger partial charge in [-0.15, -0.1) is 0 Å². The van der Waals surface area contributed by atoms with Crippen LogP contribution in [0.1, 0.15) is 30.6 Å². The van der Waals surface area contributed by atoms with Crippen LogP contribution in [0.4, 0.5) is 5.69 Å². The number of nitro benzene ring substituents is 1. The molecule has 106 valence electrons. The van der Waals surface area contributed by atoms with E-state index in [4.69, 9.17) is 16.9 Å². The van der Waals surface area contributed by atoms with Crippen molar-refractivity contribution in [3.05, 3.63) is 38.9 Å². The van der Waals surface area contributed by atoms with Gasteiger partial charge in [-0.2, -0.15) is 5.26 Å². The second kappa shape index (κ2) is 6.87. The summed E-state index contributed by atoms with van der Waals surface area (Å²) in [5.74, 6) is -0.535. The zero-order valence-corrected chi connectivity index (χ0v) is 11.9. The second-order valence-corrected chi connectivity index (χ2v) is 4.80. The number of nitrogens with zero attached hydrogens (tertiary/aromatic N) is 3. The number of hydrogen-bond acceptors (Lipinski definition) is 4. The molecule has 1 rings (SSSR count). The molecular formula is C13H14ClN3O3. The summed E-state index contributed by atoms with van der Waals surface area (Å²) in [5.41, 5.74) is -0.462. The summed E-state index contributed by atoms with van der Waals surface area (Å²) in [6.45, 7) is 3.76. The summed E-state index contributed by atoms with van der Waals surface area (Å²) >= 11 is 5.93. The standard InChI is InChI=1S/C13H14ClN3O3/c1-9(2)16(8-4-7-15)13(18)12-10(14)5-3-6-11(12)17(19)20/h3,5-6,9H,4,8H2,1-2H3. The van der Waals surface area contributed by atoms with Gasteiger partial charge in [0.05, 0.1) is 22.4 Å². The zero-order chi connectivity index (χ0) is 15.3. The molecule has 0 atom stereocenters. The van der Waals surface area contributed by atoms with Crippen LogP contribution >= 0.6 is 11.6 Å². The van der Waals surface area contributed by atoms with Crippen molar-refractivity contribution in [1.82, 2.24) is 4.90 Å². The third kappa shape index (κ3) is 3.45. The number of hydrogen-bond donors (Lipinski definition) is 0. The van der Waals surface area contributed by atoms with E-state index in [-0.39, 0.29) is 35.3 Å². The van der Waals surface area contributed by atoms with Gasteiger partial charge in [0.15, 0.2) is 0 Å². The summed E-state index contributed by atoms with van der Waals surface area (Å²) < 4.78 is 0. The molecule has 0 aliphatic carbocycles. The molecule has 20 heavy (non-hydrogen) atoms. The van der Waals surface area contributed by atoms with E-state index in [1.54, 1.807) is 13.8 Å². The van der Waals surface area contributed by atoms with Crippen LogP contribution in [0.5, 0.6) is 0 Å². The van der Waals surface area contributed by atoms with E-state index >= 15 is 0 Å². The third-order valence-corrected chi connectivity index (χ3v) is 3.07. The first-order valence-corrected chi connectivity index (χ1v) is 6.38. The van der Waals surface area contributed by atoms with Gasteiger partial charge in [-0.05, 0) is 19.9 Å². The molecule has 0 radical (unpaired) electrons. The molecule has 0 spiro atoms. The molecule has 7 heteroatoms. The molecule has 0 aromatic heterocycles. The first-order chi connectivity index (χ1) is 9.40. The molecule has 0 N–H and O–H groups in total. The Morgan fingerprint density at radius 1 is 1.55 bits per heavy atom. The highest BCUT2D eigenvalue weighted by atomic mass is 35.5. The molecule has 0 unspecified atom stereocenters. The van der Waals surface area contributed by atoms with Crippen LogP contribution in [-0.2, 0) is 0 Å². The van der Waals surface area contributed by atoms with Crippen molar-refractivity contribution in [3.63, 3.8) is 0 Å². The summed E-state index contributed by atoms with van der Waals surface area (Å²) in [6, 6.07) is 5.86. The van der Waals surface area contributed by atoms with Crippen LogP contribution in [-0.4, -0.2) is 28.3 Å². The normalized spacial score (nSPS) is 10.2. The topological polar surface area (TPSA) is 87.2 Å². The van der Waals surface area contributed by atoms with Gasteiger partial charge in [0, 0.05) is 18.7 Å². The van der Waals surface area contributed by atoms with Gasteiger partial charge in [-0.3, -0.25) is 14.9 Å². The van der Waals surface area contributed by atoms with E-state index in [1.165, 1.54) is 23.1 Å². The lowest BCUT2D eigenvalue weighted by Gasteiger charge is -2.26. The highest BCUT2D eigenvalue weighted by molar-refractivity contribution is 6.34. The molecule has 0 heterocycles. The van der Waals surface area contributed by atoms with Crippen molar-refractivity contribution >= 4 is 23.2 Å². The monoisotopic (exact) mass is 295 g/mol. The van der Waals surface area contributed by atoms with Crippen molar-refractivity contribution < 1.29 is 9.72 Å². The van der Waals surface area contributed by atoms with Gasteiger partial charge in [0.1, 0.15) is 5.56 Å². The van der Waals surface area contributed by atoms with E-state index < -0.39 is 10.8 Å². The molecule has 0 bridgehead atoms. The number of nitro groups is 1. The van der Waals surface area contributed by atoms with Crippen molar-refractivity contribution in [2.45, 2.75) is 26.3 Å². The fourth-order valence-electron chi connectivity index (χ4n) is 1.78.